The number of benzene rings is 1. The van der Waals surface area contributed by atoms with Gasteiger partial charge in [-0.3, -0.25) is 14.4 Å². The van der Waals surface area contributed by atoms with E-state index >= 15 is 0 Å². The molecule has 1 saturated carbocycles. The molecule has 1 aliphatic heterocycles. The summed E-state index contributed by atoms with van der Waals surface area (Å²) in [7, 11) is 0. The number of rotatable bonds is 5. The van der Waals surface area contributed by atoms with Gasteiger partial charge in [0.1, 0.15) is 6.04 Å². The van der Waals surface area contributed by atoms with Crippen molar-refractivity contribution in [2.24, 2.45) is 11.8 Å². The molecule has 1 heterocycles. The summed E-state index contributed by atoms with van der Waals surface area (Å²) in [4.78, 5) is 39.2. The largest absolute Gasteiger partial charge is 0.344 e. The number of carbonyl (C=O) groups excluding carboxylic acids is 3. The Morgan fingerprint density at radius 3 is 2.25 bits per heavy atom. The molecule has 2 aliphatic rings. The van der Waals surface area contributed by atoms with E-state index in [9.17, 15) is 14.4 Å². The van der Waals surface area contributed by atoms with Gasteiger partial charge in [0.15, 0.2) is 5.78 Å². The van der Waals surface area contributed by atoms with Crippen LogP contribution in [-0.4, -0.2) is 41.6 Å². The predicted octanol–water partition coefficient (Wildman–Crippen LogP) is 4.11. The average Bonchev–Trinajstić information content (AvgIpc) is 3.21. The molecule has 1 aromatic carbocycles. The smallest absolute Gasteiger partial charge is 0.245 e. The lowest BCUT2D eigenvalue weighted by Gasteiger charge is -2.35. The zero-order chi connectivity index (χ0) is 20.3. The predicted molar refractivity (Wildman–Crippen MR) is 110 cm³/mol. The topological polar surface area (TPSA) is 66.5 Å². The van der Waals surface area contributed by atoms with E-state index in [2.05, 4.69) is 5.32 Å². The third-order valence-corrected chi connectivity index (χ3v) is 6.62. The van der Waals surface area contributed by atoms with Crippen LogP contribution >= 0.6 is 23.2 Å². The van der Waals surface area contributed by atoms with Crippen LogP contribution in [-0.2, 0) is 9.59 Å². The molecular weight excluding hydrogens is 399 g/mol. The molecule has 3 rings (SSSR count). The number of piperidine rings is 1. The van der Waals surface area contributed by atoms with Crippen LogP contribution in [0.3, 0.4) is 0 Å². The first-order valence-corrected chi connectivity index (χ1v) is 10.7. The molecule has 1 aromatic rings. The first kappa shape index (κ1) is 21.1. The van der Waals surface area contributed by atoms with Crippen molar-refractivity contribution in [2.45, 2.75) is 51.5 Å². The zero-order valence-corrected chi connectivity index (χ0v) is 17.6. The van der Waals surface area contributed by atoms with Crippen LogP contribution in [0.1, 0.15) is 55.8 Å². The van der Waals surface area contributed by atoms with Crippen molar-refractivity contribution in [1.82, 2.24) is 10.2 Å². The second kappa shape index (κ2) is 9.27. The molecule has 1 N–H and O–H groups in total. The number of ketones is 1. The standard InChI is InChI=1S/C21H26Cl2N2O3/c1-13(26)24-19(14-4-2-3-5-14)21(28)25-10-8-15(9-11-25)20(27)16-6-7-17(22)18(23)12-16/h6-7,12,14-15,19H,2-5,8-11H2,1H3,(H,24,26). The first-order chi connectivity index (χ1) is 13.4. The van der Waals surface area contributed by atoms with E-state index in [-0.39, 0.29) is 29.4 Å². The molecule has 7 heteroatoms. The van der Waals surface area contributed by atoms with Gasteiger partial charge in [0.05, 0.1) is 10.0 Å². The summed E-state index contributed by atoms with van der Waals surface area (Å²) in [5.74, 6) is -0.0590. The Balaban J connectivity index is 1.61. The fourth-order valence-electron chi connectivity index (χ4n) is 4.33. The number of Topliss-reactive ketones (excluding diaryl/α,β-unsaturated/α-hetero) is 1. The summed E-state index contributed by atoms with van der Waals surface area (Å²) in [6, 6.07) is 4.50. The lowest BCUT2D eigenvalue weighted by Crippen LogP contribution is -2.53. The van der Waals surface area contributed by atoms with Gasteiger partial charge in [0, 0.05) is 31.5 Å². The highest BCUT2D eigenvalue weighted by Gasteiger charge is 2.36. The molecule has 1 aliphatic carbocycles. The molecule has 0 radical (unpaired) electrons. The number of likely N-dealkylation sites (tertiary alicyclic amines) is 1. The summed E-state index contributed by atoms with van der Waals surface area (Å²) in [6.45, 7) is 2.51. The van der Waals surface area contributed by atoms with Crippen LogP contribution < -0.4 is 5.32 Å². The fourth-order valence-corrected chi connectivity index (χ4v) is 4.63. The molecule has 1 saturated heterocycles. The van der Waals surface area contributed by atoms with Crippen LogP contribution in [0.2, 0.25) is 10.0 Å². The van der Waals surface area contributed by atoms with Gasteiger partial charge in [-0.25, -0.2) is 0 Å². The SMILES string of the molecule is CC(=O)NC(C(=O)N1CCC(C(=O)c2ccc(Cl)c(Cl)c2)CC1)C1CCCC1. The van der Waals surface area contributed by atoms with Crippen LogP contribution in [0.15, 0.2) is 18.2 Å². The lowest BCUT2D eigenvalue weighted by molar-refractivity contribution is -0.138. The highest BCUT2D eigenvalue weighted by molar-refractivity contribution is 6.42. The number of halogens is 2. The van der Waals surface area contributed by atoms with Crippen molar-refractivity contribution in [1.29, 1.82) is 0 Å². The second-order valence-electron chi connectivity index (χ2n) is 7.82. The zero-order valence-electron chi connectivity index (χ0n) is 16.0. The maximum absolute atomic E-state index is 13.0. The summed E-state index contributed by atoms with van der Waals surface area (Å²) in [5, 5.41) is 3.66. The molecular formula is C21H26Cl2N2O3. The number of nitrogens with zero attached hydrogens (tertiary/aromatic N) is 1. The second-order valence-corrected chi connectivity index (χ2v) is 8.63. The highest BCUT2D eigenvalue weighted by atomic mass is 35.5. The molecule has 0 bridgehead atoms. The fraction of sp³-hybridized carbons (Fsp3) is 0.571. The Morgan fingerprint density at radius 2 is 1.68 bits per heavy atom. The normalized spacial score (nSPS) is 19.5. The van der Waals surface area contributed by atoms with Crippen molar-refractivity contribution in [3.63, 3.8) is 0 Å². The number of amides is 2. The molecule has 2 fully saturated rings. The van der Waals surface area contributed by atoms with Crippen LogP contribution in [0.5, 0.6) is 0 Å². The quantitative estimate of drug-likeness (QED) is 0.723. The summed E-state index contributed by atoms with van der Waals surface area (Å²) >= 11 is 12.0. The van der Waals surface area contributed by atoms with Gasteiger partial charge in [-0.05, 0) is 49.8 Å². The van der Waals surface area contributed by atoms with Crippen molar-refractivity contribution < 1.29 is 14.4 Å². The highest BCUT2D eigenvalue weighted by Crippen LogP contribution is 2.30. The summed E-state index contributed by atoms with van der Waals surface area (Å²) < 4.78 is 0. The molecule has 2 amide bonds. The van der Waals surface area contributed by atoms with Crippen molar-refractivity contribution in [3.05, 3.63) is 33.8 Å². The van der Waals surface area contributed by atoms with E-state index in [0.717, 1.165) is 25.7 Å². The molecule has 1 atom stereocenters. The Morgan fingerprint density at radius 1 is 1.04 bits per heavy atom. The number of hydrogen-bond donors (Lipinski definition) is 1. The number of hydrogen-bond acceptors (Lipinski definition) is 3. The third-order valence-electron chi connectivity index (χ3n) is 5.88. The van der Waals surface area contributed by atoms with Gasteiger partial charge >= 0.3 is 0 Å². The maximum Gasteiger partial charge on any atom is 0.245 e. The van der Waals surface area contributed by atoms with E-state index in [0.29, 0.717) is 41.5 Å². The third kappa shape index (κ3) is 4.87. The van der Waals surface area contributed by atoms with Crippen molar-refractivity contribution in [3.8, 4) is 0 Å². The Labute approximate surface area is 175 Å². The molecule has 1 unspecified atom stereocenters. The van der Waals surface area contributed by atoms with Crippen LogP contribution in [0, 0.1) is 11.8 Å². The monoisotopic (exact) mass is 424 g/mol. The minimum atomic E-state index is -0.442. The van der Waals surface area contributed by atoms with Gasteiger partial charge < -0.3 is 10.2 Å². The van der Waals surface area contributed by atoms with E-state index < -0.39 is 6.04 Å². The molecule has 5 nitrogen and oxygen atoms in total. The Kier molecular flexibility index (Phi) is 7.00. The van der Waals surface area contributed by atoms with E-state index in [1.807, 2.05) is 0 Å². The van der Waals surface area contributed by atoms with E-state index in [4.69, 9.17) is 23.2 Å². The van der Waals surface area contributed by atoms with E-state index in [1.165, 1.54) is 6.92 Å². The summed E-state index contributed by atoms with van der Waals surface area (Å²) in [5.41, 5.74) is 0.557. The van der Waals surface area contributed by atoms with Gasteiger partial charge in [-0.1, -0.05) is 36.0 Å². The molecule has 0 aromatic heterocycles. The minimum absolute atomic E-state index is 0.0115. The minimum Gasteiger partial charge on any atom is -0.344 e. The van der Waals surface area contributed by atoms with Gasteiger partial charge in [0.2, 0.25) is 11.8 Å². The molecule has 152 valence electrons. The van der Waals surface area contributed by atoms with Gasteiger partial charge in [-0.2, -0.15) is 0 Å². The van der Waals surface area contributed by atoms with E-state index in [1.54, 1.807) is 23.1 Å². The lowest BCUT2D eigenvalue weighted by atomic mass is 9.88. The first-order valence-electron chi connectivity index (χ1n) is 9.92. The summed E-state index contributed by atoms with van der Waals surface area (Å²) in [6.07, 6.45) is 5.39. The number of nitrogens with one attached hydrogen (secondary N) is 1. The maximum atomic E-state index is 13.0. The van der Waals surface area contributed by atoms with Crippen molar-refractivity contribution in [2.75, 3.05) is 13.1 Å². The Bertz CT molecular complexity index is 754. The van der Waals surface area contributed by atoms with Crippen LogP contribution in [0.25, 0.3) is 0 Å². The Hall–Kier alpha value is -1.59. The van der Waals surface area contributed by atoms with Crippen molar-refractivity contribution >= 4 is 40.8 Å². The van der Waals surface area contributed by atoms with Gasteiger partial charge in [-0.15, -0.1) is 0 Å². The molecule has 0 spiro atoms. The number of carbonyl (C=O) groups is 3. The van der Waals surface area contributed by atoms with Gasteiger partial charge in [0.25, 0.3) is 0 Å². The molecule has 28 heavy (non-hydrogen) atoms. The van der Waals surface area contributed by atoms with Crippen LogP contribution in [0.4, 0.5) is 0 Å². The average molecular weight is 425 g/mol.